The Labute approximate surface area is 192 Å². The van der Waals surface area contributed by atoms with Gasteiger partial charge in [-0.05, 0) is 62.6 Å². The molecule has 2 aromatic rings. The molecule has 1 amide bonds. The van der Waals surface area contributed by atoms with Gasteiger partial charge in [-0.25, -0.2) is 4.98 Å². The molecule has 0 aliphatic heterocycles. The van der Waals surface area contributed by atoms with Crippen molar-refractivity contribution in [1.82, 2.24) is 10.3 Å². The van der Waals surface area contributed by atoms with E-state index in [0.717, 1.165) is 43.1 Å². The van der Waals surface area contributed by atoms with Crippen LogP contribution in [0.1, 0.15) is 52.2 Å². The third-order valence-corrected chi connectivity index (χ3v) is 6.66. The lowest BCUT2D eigenvalue weighted by Crippen LogP contribution is -2.34. The average molecular weight is 494 g/mol. The monoisotopic (exact) mass is 493 g/mol. The van der Waals surface area contributed by atoms with Crippen molar-refractivity contribution < 1.29 is 31.1 Å². The Bertz CT molecular complexity index is 932. The fourth-order valence-electron chi connectivity index (χ4n) is 4.05. The lowest BCUT2D eigenvalue weighted by Gasteiger charge is -2.31. The fraction of sp³-hybridized carbons (Fsp3) is 0.545. The molecule has 1 aliphatic carbocycles. The van der Waals surface area contributed by atoms with Gasteiger partial charge in [-0.1, -0.05) is 0 Å². The van der Waals surface area contributed by atoms with Crippen LogP contribution in [0, 0.1) is 18.8 Å². The highest BCUT2D eigenvalue weighted by atomic mass is 32.1. The van der Waals surface area contributed by atoms with Crippen LogP contribution >= 0.6 is 11.3 Å². The van der Waals surface area contributed by atoms with Crippen molar-refractivity contribution in [1.29, 1.82) is 0 Å². The van der Waals surface area contributed by atoms with Crippen LogP contribution in [0.4, 0.5) is 32.2 Å². The maximum Gasteiger partial charge on any atom is 0.416 e. The van der Waals surface area contributed by atoms with Gasteiger partial charge in [-0.3, -0.25) is 4.79 Å². The molecule has 1 fully saturated rings. The smallest absolute Gasteiger partial charge is 0.359 e. The first-order valence-electron chi connectivity index (χ1n) is 10.5. The van der Waals surface area contributed by atoms with Crippen molar-refractivity contribution in [3.63, 3.8) is 0 Å². The number of hydrogen-bond donors (Lipinski definition) is 1. The van der Waals surface area contributed by atoms with Gasteiger partial charge in [-0.2, -0.15) is 26.3 Å². The van der Waals surface area contributed by atoms with E-state index in [-0.39, 0.29) is 18.5 Å². The summed E-state index contributed by atoms with van der Waals surface area (Å²) in [5.41, 5.74) is -3.64. The Kier molecular flexibility index (Phi) is 7.60. The van der Waals surface area contributed by atoms with Gasteiger partial charge in [0.15, 0.2) is 0 Å². The van der Waals surface area contributed by atoms with E-state index in [1.165, 1.54) is 0 Å². The lowest BCUT2D eigenvalue weighted by molar-refractivity contribution is -0.143. The van der Waals surface area contributed by atoms with Crippen molar-refractivity contribution in [3.8, 4) is 0 Å². The van der Waals surface area contributed by atoms with Crippen molar-refractivity contribution in [2.75, 3.05) is 25.0 Å². The third-order valence-electron chi connectivity index (χ3n) is 5.90. The number of halogens is 6. The highest BCUT2D eigenvalue weighted by molar-refractivity contribution is 7.09. The highest BCUT2D eigenvalue weighted by Gasteiger charge is 2.37. The molecule has 182 valence electrons. The zero-order chi connectivity index (χ0) is 24.4. The predicted molar refractivity (Wildman–Crippen MR) is 114 cm³/mol. The normalized spacial score (nSPS) is 19.4. The van der Waals surface area contributed by atoms with Crippen LogP contribution in [0.2, 0.25) is 0 Å². The molecular weight excluding hydrogens is 468 g/mol. The Morgan fingerprint density at radius 2 is 1.58 bits per heavy atom. The first-order valence-corrected chi connectivity index (χ1v) is 11.4. The fourth-order valence-corrected chi connectivity index (χ4v) is 4.71. The second kappa shape index (κ2) is 9.90. The average Bonchev–Trinajstić information content (AvgIpc) is 3.18. The van der Waals surface area contributed by atoms with E-state index >= 15 is 0 Å². The van der Waals surface area contributed by atoms with Gasteiger partial charge < -0.3 is 10.2 Å². The minimum Gasteiger partial charge on any atom is -0.359 e. The molecule has 0 unspecified atom stereocenters. The van der Waals surface area contributed by atoms with E-state index in [0.29, 0.717) is 18.1 Å². The van der Waals surface area contributed by atoms with Gasteiger partial charge in [0.05, 0.1) is 16.1 Å². The second-order valence-corrected chi connectivity index (χ2v) is 9.56. The van der Waals surface area contributed by atoms with Crippen LogP contribution in [0.15, 0.2) is 23.6 Å². The van der Waals surface area contributed by atoms with Gasteiger partial charge in [0.2, 0.25) is 0 Å². The molecule has 1 saturated carbocycles. The number of carbonyl (C=O) groups excluding carboxylic acids is 1. The van der Waals surface area contributed by atoms with Gasteiger partial charge in [0.1, 0.15) is 5.82 Å². The first-order chi connectivity index (χ1) is 15.3. The molecule has 1 N–H and O–H groups in total. The van der Waals surface area contributed by atoms with Gasteiger partial charge in [-0.15, -0.1) is 11.3 Å². The van der Waals surface area contributed by atoms with Gasteiger partial charge in [0.25, 0.3) is 5.91 Å². The van der Waals surface area contributed by atoms with Crippen LogP contribution in [-0.4, -0.2) is 31.0 Å². The number of carbonyl (C=O) groups is 1. The summed E-state index contributed by atoms with van der Waals surface area (Å²) in [7, 11) is 1.99. The molecule has 0 atom stereocenters. The summed E-state index contributed by atoms with van der Waals surface area (Å²) >= 11 is 1.59. The van der Waals surface area contributed by atoms with Crippen LogP contribution < -0.4 is 10.2 Å². The van der Waals surface area contributed by atoms with Crippen molar-refractivity contribution in [2.24, 2.45) is 11.8 Å². The Hall–Kier alpha value is -2.30. The van der Waals surface area contributed by atoms with Crippen LogP contribution in [0.5, 0.6) is 0 Å². The van der Waals surface area contributed by atoms with Gasteiger partial charge in [0, 0.05) is 31.1 Å². The molecule has 33 heavy (non-hydrogen) atoms. The standard InChI is InChI=1S/C22H25F6N3OS/c1-13-30-19(12-33-13)31(2)11-15-5-3-14(4-6-15)10-29-20(32)16-7-17(21(23,24)25)9-18(8-16)22(26,27)28/h7-9,12,14-15H,3-6,10-11H2,1-2H3,(H,29,32). The number of anilines is 1. The highest BCUT2D eigenvalue weighted by Crippen LogP contribution is 2.36. The van der Waals surface area contributed by atoms with Crippen molar-refractivity contribution >= 4 is 23.1 Å². The van der Waals surface area contributed by atoms with E-state index in [9.17, 15) is 31.1 Å². The molecule has 1 aromatic carbocycles. The topological polar surface area (TPSA) is 45.2 Å². The van der Waals surface area contributed by atoms with Crippen LogP contribution in [0.25, 0.3) is 0 Å². The minimum atomic E-state index is -4.99. The Morgan fingerprint density at radius 3 is 2.06 bits per heavy atom. The molecule has 4 nitrogen and oxygen atoms in total. The molecule has 11 heteroatoms. The number of nitrogens with one attached hydrogen (secondary N) is 1. The number of rotatable bonds is 6. The molecule has 0 radical (unpaired) electrons. The Morgan fingerprint density at radius 1 is 1.03 bits per heavy atom. The molecule has 0 saturated heterocycles. The van der Waals surface area contributed by atoms with Crippen molar-refractivity contribution in [3.05, 3.63) is 45.3 Å². The van der Waals surface area contributed by atoms with Crippen LogP contribution in [-0.2, 0) is 12.4 Å². The van der Waals surface area contributed by atoms with E-state index in [1.807, 2.05) is 19.4 Å². The molecule has 1 heterocycles. The van der Waals surface area contributed by atoms with E-state index in [2.05, 4.69) is 15.2 Å². The molecule has 0 bridgehead atoms. The first kappa shape index (κ1) is 25.3. The molecule has 1 aliphatic rings. The number of nitrogens with zero attached hydrogens (tertiary/aromatic N) is 2. The maximum atomic E-state index is 13.0. The SMILES string of the molecule is Cc1nc(N(C)CC2CCC(CNC(=O)c3cc(C(F)(F)F)cc(C(F)(F)F)c3)CC2)cs1. The molecule has 1 aromatic heterocycles. The summed E-state index contributed by atoms with van der Waals surface area (Å²) in [6.07, 6.45) is -6.47. The summed E-state index contributed by atoms with van der Waals surface area (Å²) in [6.45, 7) is 3.02. The number of hydrogen-bond acceptors (Lipinski definition) is 4. The quantitative estimate of drug-likeness (QED) is 0.490. The molecule has 3 rings (SSSR count). The zero-order valence-corrected chi connectivity index (χ0v) is 19.0. The van der Waals surface area contributed by atoms with E-state index in [1.54, 1.807) is 11.3 Å². The maximum absolute atomic E-state index is 13.0. The van der Waals surface area contributed by atoms with Gasteiger partial charge >= 0.3 is 12.4 Å². The largest absolute Gasteiger partial charge is 0.416 e. The summed E-state index contributed by atoms with van der Waals surface area (Å²) < 4.78 is 78.0. The number of alkyl halides is 6. The van der Waals surface area contributed by atoms with E-state index in [4.69, 9.17) is 0 Å². The molecule has 0 spiro atoms. The zero-order valence-electron chi connectivity index (χ0n) is 18.2. The predicted octanol–water partition coefficient (Wildman–Crippen LogP) is 6.16. The summed E-state index contributed by atoms with van der Waals surface area (Å²) in [6, 6.07) is 0.928. The third kappa shape index (κ3) is 6.84. The number of amides is 1. The summed E-state index contributed by atoms with van der Waals surface area (Å²) in [4.78, 5) is 18.9. The van der Waals surface area contributed by atoms with Crippen LogP contribution in [0.3, 0.4) is 0 Å². The Balaban J connectivity index is 1.54. The number of aromatic nitrogens is 1. The molecular formula is C22H25F6N3OS. The van der Waals surface area contributed by atoms with Crippen molar-refractivity contribution in [2.45, 2.75) is 45.0 Å². The number of thiazole rings is 1. The second-order valence-electron chi connectivity index (χ2n) is 8.50. The minimum absolute atomic E-state index is 0.0159. The lowest BCUT2D eigenvalue weighted by atomic mass is 9.81. The van der Waals surface area contributed by atoms with E-state index < -0.39 is 35.0 Å². The summed E-state index contributed by atoms with van der Waals surface area (Å²) in [5.74, 6) is 0.588. The number of benzene rings is 1. The number of aryl methyl sites for hydroxylation is 1. The summed E-state index contributed by atoms with van der Waals surface area (Å²) in [5, 5.41) is 5.53.